The van der Waals surface area contributed by atoms with Crippen molar-refractivity contribution in [1.29, 1.82) is 0 Å². The highest BCUT2D eigenvalue weighted by Gasteiger charge is 2.10. The van der Waals surface area contributed by atoms with E-state index in [2.05, 4.69) is 18.9 Å². The number of hydrogen-bond donors (Lipinski definition) is 0. The van der Waals surface area contributed by atoms with Gasteiger partial charge in [-0.15, -0.1) is 0 Å². The van der Waals surface area contributed by atoms with E-state index >= 15 is 0 Å². The van der Waals surface area contributed by atoms with E-state index in [1.54, 1.807) is 12.1 Å². The fourth-order valence-corrected chi connectivity index (χ4v) is 2.35. The molecule has 2 aromatic heterocycles. The van der Waals surface area contributed by atoms with E-state index in [4.69, 9.17) is 0 Å². The van der Waals surface area contributed by atoms with Crippen molar-refractivity contribution in [2.24, 2.45) is 0 Å². The van der Waals surface area contributed by atoms with E-state index in [0.29, 0.717) is 12.6 Å². The van der Waals surface area contributed by atoms with Crippen molar-refractivity contribution < 1.29 is 4.92 Å². The fraction of sp³-hybridized carbons (Fsp3) is 0.267. The molecular weight excluding hydrogens is 268 g/mol. The molecule has 0 unspecified atom stereocenters. The first-order valence-corrected chi connectivity index (χ1v) is 6.82. The van der Waals surface area contributed by atoms with Crippen LogP contribution in [0.4, 0.5) is 5.69 Å². The van der Waals surface area contributed by atoms with Gasteiger partial charge >= 0.3 is 0 Å². The van der Waals surface area contributed by atoms with E-state index in [1.165, 1.54) is 6.07 Å². The zero-order valence-electron chi connectivity index (χ0n) is 11.9. The molecule has 21 heavy (non-hydrogen) atoms. The molecule has 6 nitrogen and oxygen atoms in total. The van der Waals surface area contributed by atoms with Gasteiger partial charge in [0.2, 0.25) is 0 Å². The lowest BCUT2D eigenvalue weighted by molar-refractivity contribution is -0.384. The zero-order chi connectivity index (χ0) is 15.0. The summed E-state index contributed by atoms with van der Waals surface area (Å²) in [6, 6.07) is 9.16. The summed E-state index contributed by atoms with van der Waals surface area (Å²) in [5, 5.41) is 16.4. The number of fused-ring (bicyclic) bond motifs is 1. The summed E-state index contributed by atoms with van der Waals surface area (Å²) >= 11 is 0. The minimum Gasteiger partial charge on any atom is -0.341 e. The molecule has 6 heteroatoms. The van der Waals surface area contributed by atoms with Gasteiger partial charge in [0.05, 0.1) is 22.7 Å². The van der Waals surface area contributed by atoms with E-state index in [9.17, 15) is 10.1 Å². The predicted octanol–water partition coefficient (Wildman–Crippen LogP) is 3.38. The number of aromatic nitrogens is 3. The van der Waals surface area contributed by atoms with Crippen LogP contribution in [-0.2, 0) is 6.54 Å². The van der Waals surface area contributed by atoms with Gasteiger partial charge in [0, 0.05) is 36.0 Å². The van der Waals surface area contributed by atoms with Crippen molar-refractivity contribution >= 4 is 16.6 Å². The Bertz CT molecular complexity index is 801. The highest BCUT2D eigenvalue weighted by atomic mass is 16.6. The highest BCUT2D eigenvalue weighted by molar-refractivity contribution is 5.82. The third kappa shape index (κ3) is 2.52. The average Bonchev–Trinajstić information content (AvgIpc) is 3.06. The Balaban J connectivity index is 1.95. The lowest BCUT2D eigenvalue weighted by Crippen LogP contribution is -2.04. The molecule has 0 saturated heterocycles. The molecular formula is C15H16N4O2. The molecule has 0 bridgehead atoms. The van der Waals surface area contributed by atoms with Gasteiger partial charge in [-0.2, -0.15) is 5.10 Å². The molecule has 2 heterocycles. The van der Waals surface area contributed by atoms with Crippen LogP contribution in [0.25, 0.3) is 10.9 Å². The molecule has 0 atom stereocenters. The summed E-state index contributed by atoms with van der Waals surface area (Å²) in [7, 11) is 0. The predicted molar refractivity (Wildman–Crippen MR) is 80.3 cm³/mol. The Kier molecular flexibility index (Phi) is 3.21. The monoisotopic (exact) mass is 284 g/mol. The smallest absolute Gasteiger partial charge is 0.271 e. The largest absolute Gasteiger partial charge is 0.341 e. The van der Waals surface area contributed by atoms with Crippen molar-refractivity contribution in [1.82, 2.24) is 14.3 Å². The Morgan fingerprint density at radius 3 is 2.71 bits per heavy atom. The highest BCUT2D eigenvalue weighted by Crippen LogP contribution is 2.22. The first-order valence-electron chi connectivity index (χ1n) is 6.82. The average molecular weight is 284 g/mol. The Morgan fingerprint density at radius 2 is 2.05 bits per heavy atom. The number of hydrogen-bond acceptors (Lipinski definition) is 3. The lowest BCUT2D eigenvalue weighted by atomic mass is 10.2. The first kappa shape index (κ1) is 13.4. The summed E-state index contributed by atoms with van der Waals surface area (Å²) in [5.41, 5.74) is 1.89. The van der Waals surface area contributed by atoms with Crippen LogP contribution in [0, 0.1) is 10.1 Å². The van der Waals surface area contributed by atoms with E-state index in [1.807, 2.05) is 33.8 Å². The lowest BCUT2D eigenvalue weighted by Gasteiger charge is -2.05. The summed E-state index contributed by atoms with van der Waals surface area (Å²) < 4.78 is 3.89. The summed E-state index contributed by atoms with van der Waals surface area (Å²) in [4.78, 5) is 10.5. The standard InChI is InChI=1S/C15H16N4O2/c1-11(2)18-8-6-13(16-18)10-17-7-5-12-3-4-14(19(20)21)9-15(12)17/h3-9,11H,10H2,1-2H3. The van der Waals surface area contributed by atoms with Crippen LogP contribution in [0.1, 0.15) is 25.6 Å². The van der Waals surface area contributed by atoms with Gasteiger partial charge in [-0.1, -0.05) is 0 Å². The number of rotatable bonds is 4. The van der Waals surface area contributed by atoms with Gasteiger partial charge in [0.25, 0.3) is 5.69 Å². The Morgan fingerprint density at radius 1 is 1.24 bits per heavy atom. The van der Waals surface area contributed by atoms with Gasteiger partial charge in [-0.05, 0) is 32.0 Å². The number of benzene rings is 1. The number of nitrogens with zero attached hydrogens (tertiary/aromatic N) is 4. The molecule has 0 aliphatic carbocycles. The second-order valence-corrected chi connectivity index (χ2v) is 5.32. The Labute approximate surface area is 121 Å². The van der Waals surface area contributed by atoms with Gasteiger partial charge in [-0.3, -0.25) is 14.8 Å². The molecule has 0 radical (unpaired) electrons. The van der Waals surface area contributed by atoms with Gasteiger partial charge < -0.3 is 4.57 Å². The third-order valence-corrected chi connectivity index (χ3v) is 3.49. The van der Waals surface area contributed by atoms with Crippen molar-refractivity contribution in [3.63, 3.8) is 0 Å². The second kappa shape index (κ2) is 5.05. The van der Waals surface area contributed by atoms with Crippen molar-refractivity contribution in [2.45, 2.75) is 26.4 Å². The topological polar surface area (TPSA) is 65.9 Å². The van der Waals surface area contributed by atoms with Gasteiger partial charge in [0.1, 0.15) is 0 Å². The maximum atomic E-state index is 10.9. The molecule has 0 N–H and O–H groups in total. The normalized spacial score (nSPS) is 11.4. The van der Waals surface area contributed by atoms with Gasteiger partial charge in [0.15, 0.2) is 0 Å². The minimum atomic E-state index is -0.371. The number of non-ortho nitro benzene ring substituents is 1. The van der Waals surface area contributed by atoms with Crippen LogP contribution in [-0.4, -0.2) is 19.3 Å². The van der Waals surface area contributed by atoms with Gasteiger partial charge in [-0.25, -0.2) is 0 Å². The van der Waals surface area contributed by atoms with Crippen LogP contribution < -0.4 is 0 Å². The summed E-state index contributed by atoms with van der Waals surface area (Å²) in [6.07, 6.45) is 3.89. The molecule has 0 fully saturated rings. The van der Waals surface area contributed by atoms with Crippen LogP contribution in [0.15, 0.2) is 42.7 Å². The quantitative estimate of drug-likeness (QED) is 0.545. The van der Waals surface area contributed by atoms with E-state index in [-0.39, 0.29) is 10.6 Å². The van der Waals surface area contributed by atoms with Crippen LogP contribution >= 0.6 is 0 Å². The maximum absolute atomic E-state index is 10.9. The molecule has 1 aromatic carbocycles. The summed E-state index contributed by atoms with van der Waals surface area (Å²) in [6.45, 7) is 4.75. The molecule has 0 amide bonds. The summed E-state index contributed by atoms with van der Waals surface area (Å²) in [5.74, 6) is 0. The fourth-order valence-electron chi connectivity index (χ4n) is 2.35. The SMILES string of the molecule is CC(C)n1ccc(Cn2ccc3ccc([N+](=O)[O-])cc32)n1. The van der Waals surface area contributed by atoms with Crippen LogP contribution in [0.3, 0.4) is 0 Å². The molecule has 3 aromatic rings. The number of nitro benzene ring substituents is 1. The van der Waals surface area contributed by atoms with Crippen molar-refractivity contribution in [3.8, 4) is 0 Å². The third-order valence-electron chi connectivity index (χ3n) is 3.49. The molecule has 0 spiro atoms. The van der Waals surface area contributed by atoms with Crippen LogP contribution in [0.2, 0.25) is 0 Å². The van der Waals surface area contributed by atoms with Crippen molar-refractivity contribution in [2.75, 3.05) is 0 Å². The molecule has 108 valence electrons. The number of nitro groups is 1. The Hall–Kier alpha value is -2.63. The molecule has 0 aliphatic rings. The minimum absolute atomic E-state index is 0.107. The second-order valence-electron chi connectivity index (χ2n) is 5.32. The first-order chi connectivity index (χ1) is 10.0. The molecule has 0 saturated carbocycles. The van der Waals surface area contributed by atoms with E-state index < -0.39 is 0 Å². The molecule has 0 aliphatic heterocycles. The van der Waals surface area contributed by atoms with E-state index in [0.717, 1.165) is 16.6 Å². The molecule has 3 rings (SSSR count). The van der Waals surface area contributed by atoms with Crippen LogP contribution in [0.5, 0.6) is 0 Å². The van der Waals surface area contributed by atoms with Crippen molar-refractivity contribution in [3.05, 3.63) is 58.5 Å². The zero-order valence-corrected chi connectivity index (χ0v) is 11.9. The maximum Gasteiger partial charge on any atom is 0.271 e.